The number of nitrogens with one attached hydrogen (secondary N) is 1. The summed E-state index contributed by atoms with van der Waals surface area (Å²) in [5.74, 6) is 0.652. The highest BCUT2D eigenvalue weighted by molar-refractivity contribution is 5.79. The Hall–Kier alpha value is -2.37. The number of carbonyl (C=O) groups excluding carboxylic acids is 1. The van der Waals surface area contributed by atoms with E-state index in [0.717, 1.165) is 57.2 Å². The van der Waals surface area contributed by atoms with E-state index in [-0.39, 0.29) is 11.8 Å². The molecule has 1 saturated carbocycles. The lowest BCUT2D eigenvalue weighted by Gasteiger charge is -2.18. The number of anilines is 1. The van der Waals surface area contributed by atoms with Crippen molar-refractivity contribution in [2.24, 2.45) is 5.92 Å². The van der Waals surface area contributed by atoms with Crippen molar-refractivity contribution in [2.75, 3.05) is 18.0 Å². The van der Waals surface area contributed by atoms with Crippen molar-refractivity contribution in [1.29, 1.82) is 0 Å². The van der Waals surface area contributed by atoms with Gasteiger partial charge in [-0.25, -0.2) is 0 Å². The normalized spacial score (nSPS) is 19.3. The van der Waals surface area contributed by atoms with Gasteiger partial charge in [-0.1, -0.05) is 48.3 Å². The topological polar surface area (TPSA) is 71.3 Å². The van der Waals surface area contributed by atoms with Crippen LogP contribution in [0.25, 0.3) is 0 Å². The Morgan fingerprint density at radius 3 is 2.52 bits per heavy atom. The number of carbonyl (C=O) groups is 1. The van der Waals surface area contributed by atoms with E-state index in [1.807, 2.05) is 30.3 Å². The molecule has 2 fully saturated rings. The molecule has 1 amide bonds. The Balaban J connectivity index is 1.57. The fraction of sp³-hybridized carbons (Fsp3) is 0.526. The van der Waals surface area contributed by atoms with E-state index >= 15 is 0 Å². The van der Waals surface area contributed by atoms with Gasteiger partial charge < -0.3 is 14.6 Å². The predicted octanol–water partition coefficient (Wildman–Crippen LogP) is 3.07. The van der Waals surface area contributed by atoms with Crippen LogP contribution in [0.2, 0.25) is 0 Å². The van der Waals surface area contributed by atoms with Gasteiger partial charge >= 0.3 is 6.01 Å². The molecule has 1 atom stereocenters. The monoisotopic (exact) mass is 340 g/mol. The average molecular weight is 340 g/mol. The van der Waals surface area contributed by atoms with Crippen LogP contribution in [0.3, 0.4) is 0 Å². The molecule has 4 rings (SSSR count). The summed E-state index contributed by atoms with van der Waals surface area (Å²) in [4.78, 5) is 14.8. The Kier molecular flexibility index (Phi) is 4.68. The molecule has 6 heteroatoms. The minimum absolute atomic E-state index is 0.0901. The Bertz CT molecular complexity index is 703. The lowest BCUT2D eigenvalue weighted by atomic mass is 10.0. The zero-order valence-electron chi connectivity index (χ0n) is 14.4. The van der Waals surface area contributed by atoms with Gasteiger partial charge in [0, 0.05) is 19.0 Å². The number of rotatable bonds is 5. The number of hydrogen-bond acceptors (Lipinski definition) is 5. The minimum atomic E-state index is -0.391. The third-order valence-electron chi connectivity index (χ3n) is 5.20. The maximum absolute atomic E-state index is 12.7. The highest BCUT2D eigenvalue weighted by Crippen LogP contribution is 2.29. The first-order valence-electron chi connectivity index (χ1n) is 9.25. The molecule has 0 unspecified atom stereocenters. The smallest absolute Gasteiger partial charge is 0.318 e. The summed E-state index contributed by atoms with van der Waals surface area (Å²) in [6.45, 7) is 1.90. The SMILES string of the molecule is O=C(N[C@H](c1ccccc1)c1nnc(N2CCCC2)o1)C1CCCC1. The van der Waals surface area contributed by atoms with Crippen molar-refractivity contribution in [3.63, 3.8) is 0 Å². The summed E-state index contributed by atoms with van der Waals surface area (Å²) in [5, 5.41) is 11.6. The van der Waals surface area contributed by atoms with E-state index in [1.165, 1.54) is 0 Å². The first-order chi connectivity index (χ1) is 12.3. The van der Waals surface area contributed by atoms with Crippen LogP contribution in [-0.4, -0.2) is 29.2 Å². The first kappa shape index (κ1) is 16.1. The fourth-order valence-electron chi connectivity index (χ4n) is 3.76. The minimum Gasteiger partial charge on any atom is -0.405 e. The zero-order chi connectivity index (χ0) is 17.1. The Morgan fingerprint density at radius 2 is 1.80 bits per heavy atom. The van der Waals surface area contributed by atoms with Crippen molar-refractivity contribution in [1.82, 2.24) is 15.5 Å². The van der Waals surface area contributed by atoms with Crippen molar-refractivity contribution < 1.29 is 9.21 Å². The van der Waals surface area contributed by atoms with Crippen LogP contribution in [0.15, 0.2) is 34.7 Å². The molecule has 2 aromatic rings. The molecular formula is C19H24N4O2. The second-order valence-corrected chi connectivity index (χ2v) is 6.95. The van der Waals surface area contributed by atoms with Gasteiger partial charge in [-0.15, -0.1) is 5.10 Å². The molecule has 1 aliphatic heterocycles. The highest BCUT2D eigenvalue weighted by Gasteiger charge is 2.29. The van der Waals surface area contributed by atoms with Crippen LogP contribution in [0.4, 0.5) is 6.01 Å². The van der Waals surface area contributed by atoms with Gasteiger partial charge in [0.25, 0.3) is 0 Å². The van der Waals surface area contributed by atoms with Gasteiger partial charge in [-0.3, -0.25) is 4.79 Å². The summed E-state index contributed by atoms with van der Waals surface area (Å²) < 4.78 is 5.94. The maximum atomic E-state index is 12.7. The molecule has 0 bridgehead atoms. The fourth-order valence-corrected chi connectivity index (χ4v) is 3.76. The van der Waals surface area contributed by atoms with Crippen LogP contribution in [0, 0.1) is 5.92 Å². The van der Waals surface area contributed by atoms with Crippen molar-refractivity contribution in [3.8, 4) is 0 Å². The summed E-state index contributed by atoms with van der Waals surface area (Å²) in [5.41, 5.74) is 0.963. The molecule has 0 radical (unpaired) electrons. The predicted molar refractivity (Wildman–Crippen MR) is 94.1 cm³/mol. The van der Waals surface area contributed by atoms with Gasteiger partial charge in [-0.2, -0.15) is 0 Å². The van der Waals surface area contributed by atoms with Gasteiger partial charge in [0.05, 0.1) is 0 Å². The van der Waals surface area contributed by atoms with E-state index in [9.17, 15) is 4.79 Å². The number of hydrogen-bond donors (Lipinski definition) is 1. The molecule has 6 nitrogen and oxygen atoms in total. The average Bonchev–Trinajstić information content (AvgIpc) is 3.42. The first-order valence-corrected chi connectivity index (χ1v) is 9.25. The lowest BCUT2D eigenvalue weighted by Crippen LogP contribution is -2.33. The van der Waals surface area contributed by atoms with Crippen LogP contribution in [-0.2, 0) is 4.79 Å². The van der Waals surface area contributed by atoms with Gasteiger partial charge in [0.2, 0.25) is 11.8 Å². The summed E-state index contributed by atoms with van der Waals surface area (Å²) in [6, 6.07) is 10.0. The number of aromatic nitrogens is 2. The quantitative estimate of drug-likeness (QED) is 0.906. The second kappa shape index (κ2) is 7.25. The molecular weight excluding hydrogens is 316 g/mol. The van der Waals surface area contributed by atoms with Crippen molar-refractivity contribution in [3.05, 3.63) is 41.8 Å². The molecule has 132 valence electrons. The molecule has 2 aliphatic rings. The standard InChI is InChI=1S/C19H24N4O2/c24-17(15-10-4-5-11-15)20-16(14-8-2-1-3-9-14)18-21-22-19(25-18)23-12-6-7-13-23/h1-3,8-9,15-16H,4-7,10-13H2,(H,20,24)/t16-/m1/s1. The molecule has 1 N–H and O–H groups in total. The van der Waals surface area contributed by atoms with Crippen LogP contribution in [0.5, 0.6) is 0 Å². The number of benzene rings is 1. The Labute approximate surface area is 147 Å². The molecule has 1 aromatic carbocycles. The summed E-state index contributed by atoms with van der Waals surface area (Å²) in [6.07, 6.45) is 6.50. The number of nitrogens with zero attached hydrogens (tertiary/aromatic N) is 3. The molecule has 2 heterocycles. The van der Waals surface area contributed by atoms with Crippen molar-refractivity contribution >= 4 is 11.9 Å². The summed E-state index contributed by atoms with van der Waals surface area (Å²) in [7, 11) is 0. The van der Waals surface area contributed by atoms with E-state index < -0.39 is 6.04 Å². The van der Waals surface area contributed by atoms with E-state index in [1.54, 1.807) is 0 Å². The largest absolute Gasteiger partial charge is 0.405 e. The number of amides is 1. The molecule has 1 saturated heterocycles. The molecule has 1 aliphatic carbocycles. The van der Waals surface area contributed by atoms with Crippen molar-refractivity contribution in [2.45, 2.75) is 44.6 Å². The summed E-state index contributed by atoms with van der Waals surface area (Å²) >= 11 is 0. The maximum Gasteiger partial charge on any atom is 0.318 e. The third-order valence-corrected chi connectivity index (χ3v) is 5.20. The van der Waals surface area contributed by atoms with Gasteiger partial charge in [-0.05, 0) is 31.2 Å². The third kappa shape index (κ3) is 3.52. The van der Waals surface area contributed by atoms with E-state index in [4.69, 9.17) is 4.42 Å². The highest BCUT2D eigenvalue weighted by atomic mass is 16.4. The lowest BCUT2D eigenvalue weighted by molar-refractivity contribution is -0.125. The Morgan fingerprint density at radius 1 is 1.08 bits per heavy atom. The van der Waals surface area contributed by atoms with Gasteiger partial charge in [0.1, 0.15) is 6.04 Å². The van der Waals surface area contributed by atoms with Gasteiger partial charge in [0.15, 0.2) is 0 Å². The molecule has 0 spiro atoms. The van der Waals surface area contributed by atoms with E-state index in [0.29, 0.717) is 11.9 Å². The molecule has 25 heavy (non-hydrogen) atoms. The van der Waals surface area contributed by atoms with E-state index in [2.05, 4.69) is 20.4 Å². The zero-order valence-corrected chi connectivity index (χ0v) is 14.4. The van der Waals surface area contributed by atoms with Crippen LogP contribution < -0.4 is 10.2 Å². The van der Waals surface area contributed by atoms with Crippen LogP contribution >= 0.6 is 0 Å². The molecule has 1 aromatic heterocycles. The van der Waals surface area contributed by atoms with Crippen LogP contribution in [0.1, 0.15) is 56.0 Å². The second-order valence-electron chi connectivity index (χ2n) is 6.95.